The molecule has 5 aromatic rings. The highest BCUT2D eigenvalue weighted by atomic mass is 19.1. The van der Waals surface area contributed by atoms with Crippen molar-refractivity contribution < 1.29 is 18.7 Å². The molecular weight excluding hydrogens is 487 g/mol. The fourth-order valence-electron chi connectivity index (χ4n) is 6.25. The first-order chi connectivity index (χ1) is 18.5. The number of halogens is 1. The van der Waals surface area contributed by atoms with Gasteiger partial charge in [-0.25, -0.2) is 24.3 Å². The highest BCUT2D eigenvalue weighted by Gasteiger charge is 2.47. The summed E-state index contributed by atoms with van der Waals surface area (Å²) in [6.45, 7) is 1.84. The van der Waals surface area contributed by atoms with Crippen molar-refractivity contribution in [1.82, 2.24) is 24.9 Å². The van der Waals surface area contributed by atoms with Gasteiger partial charge in [0.1, 0.15) is 16.8 Å². The number of carboxylic acid groups (broad SMARTS) is 1. The van der Waals surface area contributed by atoms with E-state index in [9.17, 15) is 9.90 Å². The minimum absolute atomic E-state index is 0.00324. The number of nitrogens with zero attached hydrogens (tertiary/aromatic N) is 4. The lowest BCUT2D eigenvalue weighted by Crippen LogP contribution is -2.51. The maximum atomic E-state index is 16.2. The lowest BCUT2D eigenvalue weighted by molar-refractivity contribution is -0.148. The molecule has 10 heteroatoms. The number of hydrogen-bond acceptors (Lipinski definition) is 7. The molecule has 3 saturated carbocycles. The van der Waals surface area contributed by atoms with Crippen molar-refractivity contribution in [2.75, 3.05) is 5.32 Å². The van der Waals surface area contributed by atoms with Crippen LogP contribution in [0.1, 0.15) is 31.4 Å². The Labute approximate surface area is 216 Å². The van der Waals surface area contributed by atoms with Gasteiger partial charge in [-0.2, -0.15) is 0 Å². The second kappa shape index (κ2) is 8.61. The highest BCUT2D eigenvalue weighted by molar-refractivity contribution is 5.89. The molecule has 192 valence electrons. The summed E-state index contributed by atoms with van der Waals surface area (Å²) in [6.07, 6.45) is 6.96. The van der Waals surface area contributed by atoms with Crippen LogP contribution in [0.4, 0.5) is 10.2 Å². The molecule has 0 aliphatic heterocycles. The fourth-order valence-corrected chi connectivity index (χ4v) is 6.25. The number of aromatic nitrogens is 5. The van der Waals surface area contributed by atoms with Crippen LogP contribution in [0.2, 0.25) is 0 Å². The summed E-state index contributed by atoms with van der Waals surface area (Å²) in [6, 6.07) is 8.75. The Bertz CT molecular complexity index is 1670. The quantitative estimate of drug-likeness (QED) is 0.278. The summed E-state index contributed by atoms with van der Waals surface area (Å²) in [4.78, 5) is 33.5. The second-order valence-corrected chi connectivity index (χ2v) is 10.3. The Kier molecular flexibility index (Phi) is 5.17. The molecule has 0 spiro atoms. The summed E-state index contributed by atoms with van der Waals surface area (Å²) >= 11 is 0. The van der Waals surface area contributed by atoms with Crippen LogP contribution in [0.25, 0.3) is 45.0 Å². The van der Waals surface area contributed by atoms with Gasteiger partial charge >= 0.3 is 5.97 Å². The number of anilines is 1. The number of carbonyl (C=O) groups is 1. The molecule has 3 N–H and O–H groups in total. The molecule has 0 saturated heterocycles. The van der Waals surface area contributed by atoms with E-state index in [0.29, 0.717) is 22.3 Å². The number of H-pyrrole nitrogens is 1. The number of rotatable bonds is 5. The number of benzene rings is 1. The van der Waals surface area contributed by atoms with Crippen molar-refractivity contribution in [3.05, 3.63) is 54.2 Å². The molecule has 0 radical (unpaired) electrons. The van der Waals surface area contributed by atoms with Crippen molar-refractivity contribution in [2.45, 2.75) is 38.6 Å². The molecule has 0 unspecified atom stereocenters. The number of carboxylic acids is 1. The van der Waals surface area contributed by atoms with Crippen LogP contribution in [-0.2, 0) is 4.79 Å². The predicted molar refractivity (Wildman–Crippen MR) is 139 cm³/mol. The van der Waals surface area contributed by atoms with Gasteiger partial charge in [-0.05, 0) is 56.6 Å². The first-order valence-corrected chi connectivity index (χ1v) is 12.8. The van der Waals surface area contributed by atoms with E-state index in [1.165, 1.54) is 0 Å². The Hall–Kier alpha value is -4.34. The molecule has 3 aliphatic carbocycles. The van der Waals surface area contributed by atoms with Crippen LogP contribution in [0, 0.1) is 30.5 Å². The molecule has 3 aliphatic rings. The number of fused-ring (bicyclic) bond motifs is 5. The monoisotopic (exact) mass is 512 g/mol. The Morgan fingerprint density at radius 3 is 2.71 bits per heavy atom. The molecule has 4 aromatic heterocycles. The maximum absolute atomic E-state index is 16.2. The molecule has 2 atom stereocenters. The summed E-state index contributed by atoms with van der Waals surface area (Å²) < 4.78 is 22.2. The average molecular weight is 513 g/mol. The van der Waals surface area contributed by atoms with Gasteiger partial charge in [-0.15, -0.1) is 0 Å². The van der Waals surface area contributed by atoms with Gasteiger partial charge in [0, 0.05) is 17.6 Å². The highest BCUT2D eigenvalue weighted by Crippen LogP contribution is 2.47. The molecule has 3 fully saturated rings. The number of aliphatic carboxylic acids is 1. The summed E-state index contributed by atoms with van der Waals surface area (Å²) in [5.74, 6) is -1.47. The standard InChI is InChI=1S/C28H25FN6O3/c1-13-11-30-27-23(32-13)17(12-31-27)25-34-24(19-10-16-4-2-3-5-18(16)38-19)21(29)26(35-25)33-22-15-8-6-14(7-9-15)20(22)28(36)37/h2-5,10-12,14-15,20,22H,6-9H2,1H3,(H,30,31)(H,36,37)(H,33,34,35)/t14?,15?,20-,22-/m1/s1. The van der Waals surface area contributed by atoms with E-state index in [0.717, 1.165) is 36.8 Å². The predicted octanol–water partition coefficient (Wildman–Crippen LogP) is 5.58. The largest absolute Gasteiger partial charge is 0.481 e. The Morgan fingerprint density at radius 1 is 1.13 bits per heavy atom. The first kappa shape index (κ1) is 22.8. The van der Waals surface area contributed by atoms with Crippen LogP contribution in [0.5, 0.6) is 0 Å². The molecule has 0 amide bonds. The van der Waals surface area contributed by atoms with Crippen LogP contribution >= 0.6 is 0 Å². The van der Waals surface area contributed by atoms with Crippen molar-refractivity contribution in [2.24, 2.45) is 17.8 Å². The normalized spacial score (nSPS) is 22.8. The van der Waals surface area contributed by atoms with Gasteiger partial charge in [-0.1, -0.05) is 18.2 Å². The Balaban J connectivity index is 1.40. The Morgan fingerprint density at radius 2 is 1.92 bits per heavy atom. The third-order valence-corrected chi connectivity index (χ3v) is 8.06. The van der Waals surface area contributed by atoms with Crippen LogP contribution in [0.15, 0.2) is 47.1 Å². The average Bonchev–Trinajstić information content (AvgIpc) is 3.54. The van der Waals surface area contributed by atoms with Gasteiger partial charge in [0.05, 0.1) is 23.4 Å². The number of aryl methyl sites for hydroxylation is 1. The third kappa shape index (κ3) is 3.62. The van der Waals surface area contributed by atoms with Crippen molar-refractivity contribution in [3.8, 4) is 22.8 Å². The van der Waals surface area contributed by atoms with E-state index >= 15 is 4.39 Å². The van der Waals surface area contributed by atoms with Crippen LogP contribution in [-0.4, -0.2) is 42.0 Å². The van der Waals surface area contributed by atoms with E-state index in [2.05, 4.69) is 30.2 Å². The van der Waals surface area contributed by atoms with Crippen LogP contribution < -0.4 is 5.32 Å². The first-order valence-electron chi connectivity index (χ1n) is 12.8. The molecule has 2 bridgehead atoms. The second-order valence-electron chi connectivity index (χ2n) is 10.3. The summed E-state index contributed by atoms with van der Waals surface area (Å²) in [5, 5.41) is 14.1. The van der Waals surface area contributed by atoms with E-state index in [1.54, 1.807) is 18.5 Å². The minimum Gasteiger partial charge on any atom is -0.481 e. The molecule has 1 aromatic carbocycles. The van der Waals surface area contributed by atoms with Crippen molar-refractivity contribution >= 4 is 33.9 Å². The molecule has 9 nitrogen and oxygen atoms in total. The van der Waals surface area contributed by atoms with E-state index in [-0.39, 0.29) is 34.9 Å². The van der Waals surface area contributed by atoms with Crippen molar-refractivity contribution in [3.63, 3.8) is 0 Å². The lowest BCUT2D eigenvalue weighted by Gasteiger charge is -2.47. The van der Waals surface area contributed by atoms with Gasteiger partial charge in [0.15, 0.2) is 28.9 Å². The lowest BCUT2D eigenvalue weighted by atomic mass is 9.61. The van der Waals surface area contributed by atoms with Gasteiger partial charge in [0.25, 0.3) is 0 Å². The van der Waals surface area contributed by atoms with E-state index in [4.69, 9.17) is 4.42 Å². The van der Waals surface area contributed by atoms with E-state index < -0.39 is 23.7 Å². The van der Waals surface area contributed by atoms with Gasteiger partial charge in [0.2, 0.25) is 0 Å². The zero-order chi connectivity index (χ0) is 26.0. The maximum Gasteiger partial charge on any atom is 0.308 e. The molecular formula is C28H25FN6O3. The zero-order valence-electron chi connectivity index (χ0n) is 20.6. The number of furan rings is 1. The van der Waals surface area contributed by atoms with Crippen molar-refractivity contribution in [1.29, 1.82) is 0 Å². The summed E-state index contributed by atoms with van der Waals surface area (Å²) in [7, 11) is 0. The molecule has 4 heterocycles. The van der Waals surface area contributed by atoms with E-state index in [1.807, 2.05) is 31.2 Å². The smallest absolute Gasteiger partial charge is 0.308 e. The third-order valence-electron chi connectivity index (χ3n) is 8.06. The SMILES string of the molecule is Cc1cnc2[nH]cc(-c3nc(N[C@@H]4C5CCC(CC5)[C@H]4C(=O)O)c(F)c(-c4cc5ccccc5o4)n3)c2n1. The van der Waals surface area contributed by atoms with Crippen LogP contribution in [0.3, 0.4) is 0 Å². The number of aromatic amines is 1. The fraction of sp³-hybridized carbons (Fsp3) is 0.321. The number of nitrogens with one attached hydrogen (secondary N) is 2. The minimum atomic E-state index is -0.855. The number of hydrogen-bond donors (Lipinski definition) is 3. The molecule has 8 rings (SSSR count). The van der Waals surface area contributed by atoms with Gasteiger partial charge < -0.3 is 19.8 Å². The summed E-state index contributed by atoms with van der Waals surface area (Å²) in [5.41, 5.74) is 3.03. The topological polar surface area (TPSA) is 130 Å². The molecule has 38 heavy (non-hydrogen) atoms. The number of para-hydroxylation sites is 1. The van der Waals surface area contributed by atoms with Gasteiger partial charge in [-0.3, -0.25) is 4.79 Å². The zero-order valence-corrected chi connectivity index (χ0v) is 20.6.